The van der Waals surface area contributed by atoms with Crippen molar-refractivity contribution in [2.24, 2.45) is 0 Å². The SMILES string of the molecule is CCCC(=O)NCCCCCCCCCCCOCCOCCOCCC(C)=O. The Hall–Kier alpha value is -0.980. The molecule has 0 aromatic rings. The van der Waals surface area contributed by atoms with Gasteiger partial charge in [0.15, 0.2) is 0 Å². The van der Waals surface area contributed by atoms with E-state index in [9.17, 15) is 9.59 Å². The highest BCUT2D eigenvalue weighted by Crippen LogP contribution is 2.09. The van der Waals surface area contributed by atoms with Crippen molar-refractivity contribution in [3.8, 4) is 0 Å². The Morgan fingerprint density at radius 2 is 1.10 bits per heavy atom. The lowest BCUT2D eigenvalue weighted by Gasteiger charge is -2.07. The largest absolute Gasteiger partial charge is 0.379 e. The topological polar surface area (TPSA) is 73.9 Å². The first kappa shape index (κ1) is 28.0. The summed E-state index contributed by atoms with van der Waals surface area (Å²) >= 11 is 0. The maximum Gasteiger partial charge on any atom is 0.219 e. The highest BCUT2D eigenvalue weighted by atomic mass is 16.5. The van der Waals surface area contributed by atoms with Crippen molar-refractivity contribution in [3.63, 3.8) is 0 Å². The summed E-state index contributed by atoms with van der Waals surface area (Å²) in [7, 11) is 0. The molecule has 0 saturated heterocycles. The molecule has 172 valence electrons. The molecular formula is C23H45NO5. The van der Waals surface area contributed by atoms with Crippen LogP contribution in [-0.2, 0) is 23.8 Å². The molecule has 29 heavy (non-hydrogen) atoms. The molecule has 6 heteroatoms. The zero-order valence-electron chi connectivity index (χ0n) is 19.0. The zero-order valence-corrected chi connectivity index (χ0v) is 19.0. The zero-order chi connectivity index (χ0) is 21.4. The fraction of sp³-hybridized carbons (Fsp3) is 0.913. The number of nitrogens with one attached hydrogen (secondary N) is 1. The van der Waals surface area contributed by atoms with Crippen LogP contribution in [-0.4, -0.2) is 57.9 Å². The molecule has 0 aliphatic heterocycles. The van der Waals surface area contributed by atoms with Crippen LogP contribution in [0.4, 0.5) is 0 Å². The van der Waals surface area contributed by atoms with Crippen LogP contribution in [0.1, 0.15) is 90.9 Å². The molecule has 0 radical (unpaired) electrons. The van der Waals surface area contributed by atoms with Crippen molar-refractivity contribution in [1.82, 2.24) is 5.32 Å². The summed E-state index contributed by atoms with van der Waals surface area (Å²) in [4.78, 5) is 22.0. The predicted octanol–water partition coefficient (Wildman–Crippen LogP) is 4.44. The van der Waals surface area contributed by atoms with Crippen LogP contribution in [0.15, 0.2) is 0 Å². The van der Waals surface area contributed by atoms with E-state index in [1.807, 2.05) is 6.92 Å². The number of ether oxygens (including phenoxy) is 3. The van der Waals surface area contributed by atoms with Crippen molar-refractivity contribution in [1.29, 1.82) is 0 Å². The molecule has 0 aliphatic rings. The van der Waals surface area contributed by atoms with E-state index >= 15 is 0 Å². The highest BCUT2D eigenvalue weighted by Gasteiger charge is 1.98. The number of rotatable bonds is 23. The van der Waals surface area contributed by atoms with Crippen molar-refractivity contribution in [2.45, 2.75) is 90.9 Å². The average molecular weight is 416 g/mol. The van der Waals surface area contributed by atoms with Gasteiger partial charge in [-0.1, -0.05) is 51.9 Å². The van der Waals surface area contributed by atoms with Crippen molar-refractivity contribution in [3.05, 3.63) is 0 Å². The number of hydrogen-bond donors (Lipinski definition) is 1. The Morgan fingerprint density at radius 3 is 1.66 bits per heavy atom. The van der Waals surface area contributed by atoms with E-state index in [-0.39, 0.29) is 11.7 Å². The van der Waals surface area contributed by atoms with Gasteiger partial charge in [0.25, 0.3) is 0 Å². The molecule has 0 aliphatic carbocycles. The molecule has 0 aromatic heterocycles. The minimum Gasteiger partial charge on any atom is -0.379 e. The molecule has 0 fully saturated rings. The van der Waals surface area contributed by atoms with E-state index in [1.54, 1.807) is 6.92 Å². The molecule has 1 N–H and O–H groups in total. The van der Waals surface area contributed by atoms with Gasteiger partial charge in [-0.25, -0.2) is 0 Å². The quantitative estimate of drug-likeness (QED) is 0.250. The van der Waals surface area contributed by atoms with Crippen LogP contribution >= 0.6 is 0 Å². The van der Waals surface area contributed by atoms with Crippen molar-refractivity contribution >= 4 is 11.7 Å². The minimum absolute atomic E-state index is 0.153. The fourth-order valence-corrected chi connectivity index (χ4v) is 2.87. The van der Waals surface area contributed by atoms with Crippen LogP contribution < -0.4 is 5.32 Å². The second kappa shape index (κ2) is 23.3. The maximum atomic E-state index is 11.3. The maximum absolute atomic E-state index is 11.3. The number of amides is 1. The standard InChI is InChI=1S/C23H45NO5/c1-3-13-23(26)24-15-11-9-7-5-4-6-8-10-12-16-27-18-20-29-21-19-28-17-14-22(2)25/h3-21H2,1-2H3,(H,24,26). The Balaban J connectivity index is 3.05. The van der Waals surface area contributed by atoms with E-state index in [0.717, 1.165) is 32.4 Å². The molecule has 0 bridgehead atoms. The number of hydrogen-bond acceptors (Lipinski definition) is 5. The molecule has 0 aromatic carbocycles. The Bertz CT molecular complexity index is 376. The monoisotopic (exact) mass is 415 g/mol. The van der Waals surface area contributed by atoms with E-state index in [4.69, 9.17) is 14.2 Å². The molecule has 0 saturated carbocycles. The smallest absolute Gasteiger partial charge is 0.219 e. The van der Waals surface area contributed by atoms with E-state index in [2.05, 4.69) is 5.32 Å². The second-order valence-corrected chi connectivity index (χ2v) is 7.57. The first-order valence-corrected chi connectivity index (χ1v) is 11.7. The first-order chi connectivity index (χ1) is 14.2. The van der Waals surface area contributed by atoms with Gasteiger partial charge in [-0.15, -0.1) is 0 Å². The normalized spacial score (nSPS) is 11.0. The molecule has 0 rings (SSSR count). The molecule has 0 atom stereocenters. The number of unbranched alkanes of at least 4 members (excludes halogenated alkanes) is 8. The lowest BCUT2D eigenvalue weighted by molar-refractivity contribution is -0.121. The second-order valence-electron chi connectivity index (χ2n) is 7.57. The van der Waals surface area contributed by atoms with Gasteiger partial charge in [0.05, 0.1) is 33.0 Å². The molecule has 0 spiro atoms. The lowest BCUT2D eigenvalue weighted by Crippen LogP contribution is -2.23. The molecule has 0 unspecified atom stereocenters. The van der Waals surface area contributed by atoms with Gasteiger partial charge >= 0.3 is 0 Å². The average Bonchev–Trinajstić information content (AvgIpc) is 2.69. The summed E-state index contributed by atoms with van der Waals surface area (Å²) in [6.07, 6.45) is 13.2. The predicted molar refractivity (Wildman–Crippen MR) is 117 cm³/mol. The van der Waals surface area contributed by atoms with Crippen LogP contribution in [0.2, 0.25) is 0 Å². The van der Waals surface area contributed by atoms with Crippen molar-refractivity contribution < 1.29 is 23.8 Å². The number of carbonyl (C=O) groups excluding carboxylic acids is 2. The van der Waals surface area contributed by atoms with Gasteiger partial charge in [0.1, 0.15) is 5.78 Å². The third-order valence-electron chi connectivity index (χ3n) is 4.61. The fourth-order valence-electron chi connectivity index (χ4n) is 2.87. The van der Waals surface area contributed by atoms with Crippen LogP contribution in [0.25, 0.3) is 0 Å². The van der Waals surface area contributed by atoms with Gasteiger partial charge in [-0.05, 0) is 26.2 Å². The molecular weight excluding hydrogens is 370 g/mol. The van der Waals surface area contributed by atoms with Gasteiger partial charge in [-0.3, -0.25) is 9.59 Å². The number of Topliss-reactive ketones (excluding diaryl/α,β-unsaturated/α-hetero) is 1. The van der Waals surface area contributed by atoms with Gasteiger partial charge < -0.3 is 19.5 Å². The molecule has 6 nitrogen and oxygen atoms in total. The van der Waals surface area contributed by atoms with Gasteiger partial charge in [0.2, 0.25) is 5.91 Å². The van der Waals surface area contributed by atoms with Crippen molar-refractivity contribution in [2.75, 3.05) is 46.2 Å². The highest BCUT2D eigenvalue weighted by molar-refractivity contribution is 5.75. The summed E-state index contributed by atoms with van der Waals surface area (Å²) < 4.78 is 16.3. The number of carbonyl (C=O) groups is 2. The van der Waals surface area contributed by atoms with Crippen LogP contribution in [0.5, 0.6) is 0 Å². The Morgan fingerprint density at radius 1 is 0.621 bits per heavy atom. The third-order valence-corrected chi connectivity index (χ3v) is 4.61. The summed E-state index contributed by atoms with van der Waals surface area (Å²) in [5, 5.41) is 2.97. The molecule has 1 amide bonds. The van der Waals surface area contributed by atoms with Crippen LogP contribution in [0.3, 0.4) is 0 Å². The third kappa shape index (κ3) is 25.0. The summed E-state index contributed by atoms with van der Waals surface area (Å²) in [6.45, 7) is 8.03. The minimum atomic E-state index is 0.153. The Labute approximate surface area is 178 Å². The van der Waals surface area contributed by atoms with Gasteiger partial charge in [0, 0.05) is 26.0 Å². The summed E-state index contributed by atoms with van der Waals surface area (Å²) in [5.41, 5.74) is 0. The van der Waals surface area contributed by atoms with Crippen LogP contribution in [0, 0.1) is 0 Å². The molecule has 0 heterocycles. The lowest BCUT2D eigenvalue weighted by atomic mass is 10.1. The summed E-state index contributed by atoms with van der Waals surface area (Å²) in [5.74, 6) is 0.344. The Kier molecular flexibility index (Phi) is 22.5. The van der Waals surface area contributed by atoms with Gasteiger partial charge in [-0.2, -0.15) is 0 Å². The number of ketones is 1. The van der Waals surface area contributed by atoms with E-state index in [1.165, 1.54) is 44.9 Å². The van der Waals surface area contributed by atoms with E-state index in [0.29, 0.717) is 45.9 Å². The first-order valence-electron chi connectivity index (χ1n) is 11.7. The van der Waals surface area contributed by atoms with E-state index < -0.39 is 0 Å². The summed E-state index contributed by atoms with van der Waals surface area (Å²) in [6, 6.07) is 0.